The van der Waals surface area contributed by atoms with Gasteiger partial charge in [0.1, 0.15) is 0 Å². The van der Waals surface area contributed by atoms with E-state index in [1.807, 2.05) is 19.1 Å². The number of halogens is 2. The molecule has 0 heterocycles. The van der Waals surface area contributed by atoms with Gasteiger partial charge in [-0.15, -0.1) is 0 Å². The molecule has 0 unspecified atom stereocenters. The molecule has 0 aliphatic rings. The quantitative estimate of drug-likeness (QED) is 0.868. The lowest BCUT2D eigenvalue weighted by atomic mass is 9.99. The molecule has 2 aromatic rings. The zero-order valence-electron chi connectivity index (χ0n) is 9.58. The van der Waals surface area contributed by atoms with E-state index in [4.69, 9.17) is 28.3 Å². The third-order valence-electron chi connectivity index (χ3n) is 2.69. The van der Waals surface area contributed by atoms with E-state index >= 15 is 0 Å². The minimum atomic E-state index is -0.973. The minimum Gasteiger partial charge on any atom is -0.478 e. The first-order valence-corrected chi connectivity index (χ1v) is 6.04. The first-order chi connectivity index (χ1) is 8.49. The van der Waals surface area contributed by atoms with Gasteiger partial charge in [0.05, 0.1) is 5.56 Å². The lowest BCUT2D eigenvalue weighted by Gasteiger charge is -2.09. The summed E-state index contributed by atoms with van der Waals surface area (Å²) in [5, 5.41) is 10.2. The summed E-state index contributed by atoms with van der Waals surface area (Å²) in [6, 6.07) is 10.1. The van der Waals surface area contributed by atoms with Crippen LogP contribution in [0.3, 0.4) is 0 Å². The van der Waals surface area contributed by atoms with E-state index in [1.54, 1.807) is 18.2 Å². The smallest absolute Gasteiger partial charge is 0.335 e. The molecule has 0 saturated heterocycles. The molecule has 0 amide bonds. The molecule has 2 rings (SSSR count). The van der Waals surface area contributed by atoms with Gasteiger partial charge in [-0.25, -0.2) is 4.79 Å². The van der Waals surface area contributed by atoms with Crippen LogP contribution in [0.4, 0.5) is 0 Å². The number of carbonyl (C=O) groups is 1. The van der Waals surface area contributed by atoms with Crippen LogP contribution in [0.25, 0.3) is 11.1 Å². The second-order valence-corrected chi connectivity index (χ2v) is 4.80. The number of carboxylic acid groups (broad SMARTS) is 1. The van der Waals surface area contributed by atoms with Crippen LogP contribution in [0.1, 0.15) is 15.9 Å². The summed E-state index contributed by atoms with van der Waals surface area (Å²) < 4.78 is 0. The van der Waals surface area contributed by atoms with Crippen LogP contribution in [0, 0.1) is 6.92 Å². The third-order valence-corrected chi connectivity index (χ3v) is 3.26. The van der Waals surface area contributed by atoms with E-state index in [0.29, 0.717) is 15.6 Å². The van der Waals surface area contributed by atoms with Crippen molar-refractivity contribution in [3.63, 3.8) is 0 Å². The van der Waals surface area contributed by atoms with E-state index in [9.17, 15) is 4.79 Å². The molecule has 0 fully saturated rings. The molecular weight excluding hydrogens is 271 g/mol. The lowest BCUT2D eigenvalue weighted by Crippen LogP contribution is -1.96. The van der Waals surface area contributed by atoms with Crippen molar-refractivity contribution in [3.8, 4) is 11.1 Å². The molecule has 0 aliphatic heterocycles. The Bertz CT molecular complexity index is 621. The predicted octanol–water partition coefficient (Wildman–Crippen LogP) is 4.67. The highest BCUT2D eigenvalue weighted by Gasteiger charge is 2.11. The first kappa shape index (κ1) is 12.9. The van der Waals surface area contributed by atoms with Gasteiger partial charge in [-0.05, 0) is 48.4 Å². The van der Waals surface area contributed by atoms with Gasteiger partial charge < -0.3 is 5.11 Å². The molecule has 2 aromatic carbocycles. The SMILES string of the molecule is Cc1cc(Cl)ccc1-c1cc(C(=O)O)ccc1Cl. The summed E-state index contributed by atoms with van der Waals surface area (Å²) in [5.74, 6) is -0.973. The number of hydrogen-bond donors (Lipinski definition) is 1. The van der Waals surface area contributed by atoms with Gasteiger partial charge in [-0.3, -0.25) is 0 Å². The molecule has 0 aromatic heterocycles. The molecule has 18 heavy (non-hydrogen) atoms. The van der Waals surface area contributed by atoms with Crippen molar-refractivity contribution in [3.05, 3.63) is 57.6 Å². The van der Waals surface area contributed by atoms with Crippen LogP contribution in [0.15, 0.2) is 36.4 Å². The topological polar surface area (TPSA) is 37.3 Å². The summed E-state index contributed by atoms with van der Waals surface area (Å²) in [6.45, 7) is 1.91. The highest BCUT2D eigenvalue weighted by atomic mass is 35.5. The van der Waals surface area contributed by atoms with E-state index in [2.05, 4.69) is 0 Å². The van der Waals surface area contributed by atoms with Crippen LogP contribution >= 0.6 is 23.2 Å². The fraction of sp³-hybridized carbons (Fsp3) is 0.0714. The maximum Gasteiger partial charge on any atom is 0.335 e. The second kappa shape index (κ2) is 5.01. The summed E-state index contributed by atoms with van der Waals surface area (Å²) in [6.07, 6.45) is 0. The molecular formula is C14H10Cl2O2. The van der Waals surface area contributed by atoms with E-state index < -0.39 is 5.97 Å². The van der Waals surface area contributed by atoms with Crippen molar-refractivity contribution in [2.75, 3.05) is 0 Å². The van der Waals surface area contributed by atoms with Crippen LogP contribution < -0.4 is 0 Å². The molecule has 4 heteroatoms. The Balaban J connectivity index is 2.62. The first-order valence-electron chi connectivity index (χ1n) is 5.28. The maximum atomic E-state index is 11.0. The number of hydrogen-bond acceptors (Lipinski definition) is 1. The van der Waals surface area contributed by atoms with Crippen LogP contribution in [-0.4, -0.2) is 11.1 Å². The van der Waals surface area contributed by atoms with E-state index in [1.165, 1.54) is 6.07 Å². The van der Waals surface area contributed by atoms with Crippen molar-refractivity contribution in [1.82, 2.24) is 0 Å². The Morgan fingerprint density at radius 2 is 1.78 bits per heavy atom. The van der Waals surface area contributed by atoms with Crippen molar-refractivity contribution in [1.29, 1.82) is 0 Å². The average Bonchev–Trinajstić information content (AvgIpc) is 2.30. The zero-order chi connectivity index (χ0) is 13.3. The van der Waals surface area contributed by atoms with Crippen molar-refractivity contribution >= 4 is 29.2 Å². The monoisotopic (exact) mass is 280 g/mol. The Labute approximate surface area is 115 Å². The molecule has 1 N–H and O–H groups in total. The zero-order valence-corrected chi connectivity index (χ0v) is 11.1. The van der Waals surface area contributed by atoms with Crippen LogP contribution in [0.5, 0.6) is 0 Å². The number of benzene rings is 2. The fourth-order valence-electron chi connectivity index (χ4n) is 1.79. The molecule has 0 saturated carbocycles. The normalized spacial score (nSPS) is 10.4. The molecule has 0 aliphatic carbocycles. The van der Waals surface area contributed by atoms with Crippen LogP contribution in [-0.2, 0) is 0 Å². The highest BCUT2D eigenvalue weighted by Crippen LogP contribution is 2.32. The molecule has 92 valence electrons. The Kier molecular flexibility index (Phi) is 3.60. The van der Waals surface area contributed by atoms with Crippen molar-refractivity contribution in [2.45, 2.75) is 6.92 Å². The third kappa shape index (κ3) is 2.50. The van der Waals surface area contributed by atoms with E-state index in [-0.39, 0.29) is 5.56 Å². The number of carboxylic acids is 1. The molecule has 0 radical (unpaired) electrons. The van der Waals surface area contributed by atoms with Gasteiger partial charge in [0.2, 0.25) is 0 Å². The van der Waals surface area contributed by atoms with Crippen LogP contribution in [0.2, 0.25) is 10.0 Å². The second-order valence-electron chi connectivity index (χ2n) is 3.96. The van der Waals surface area contributed by atoms with Gasteiger partial charge in [-0.1, -0.05) is 29.3 Å². The van der Waals surface area contributed by atoms with Gasteiger partial charge in [-0.2, -0.15) is 0 Å². The Morgan fingerprint density at radius 3 is 2.39 bits per heavy atom. The lowest BCUT2D eigenvalue weighted by molar-refractivity contribution is 0.0697. The molecule has 0 bridgehead atoms. The molecule has 2 nitrogen and oxygen atoms in total. The summed E-state index contributed by atoms with van der Waals surface area (Å²) in [4.78, 5) is 11.0. The minimum absolute atomic E-state index is 0.212. The average molecular weight is 281 g/mol. The standard InChI is InChI=1S/C14H10Cl2O2/c1-8-6-10(15)3-4-11(8)12-7-9(14(17)18)2-5-13(12)16/h2-7H,1H3,(H,17,18). The number of aryl methyl sites for hydroxylation is 1. The van der Waals surface area contributed by atoms with Crippen molar-refractivity contribution < 1.29 is 9.90 Å². The summed E-state index contributed by atoms with van der Waals surface area (Å²) in [7, 11) is 0. The Hall–Kier alpha value is -1.51. The van der Waals surface area contributed by atoms with Crippen molar-refractivity contribution in [2.24, 2.45) is 0 Å². The number of aromatic carboxylic acids is 1. The predicted molar refractivity (Wildman–Crippen MR) is 73.6 cm³/mol. The van der Waals surface area contributed by atoms with E-state index in [0.717, 1.165) is 11.1 Å². The summed E-state index contributed by atoms with van der Waals surface area (Å²) >= 11 is 12.0. The van der Waals surface area contributed by atoms with Gasteiger partial charge in [0.25, 0.3) is 0 Å². The molecule has 0 spiro atoms. The highest BCUT2D eigenvalue weighted by molar-refractivity contribution is 6.33. The maximum absolute atomic E-state index is 11.0. The van der Waals surface area contributed by atoms with Gasteiger partial charge in [0, 0.05) is 15.6 Å². The summed E-state index contributed by atoms with van der Waals surface area (Å²) in [5.41, 5.74) is 2.74. The largest absolute Gasteiger partial charge is 0.478 e. The van der Waals surface area contributed by atoms with Gasteiger partial charge in [0.15, 0.2) is 0 Å². The number of rotatable bonds is 2. The fourth-order valence-corrected chi connectivity index (χ4v) is 2.24. The molecule has 0 atom stereocenters. The Morgan fingerprint density at radius 1 is 1.06 bits per heavy atom. The van der Waals surface area contributed by atoms with Gasteiger partial charge >= 0.3 is 5.97 Å².